The predicted molar refractivity (Wildman–Crippen MR) is 43.2 cm³/mol. The number of hydrazone groups is 1. The van der Waals surface area contributed by atoms with Gasteiger partial charge in [0, 0.05) is 5.71 Å². The first kappa shape index (κ1) is 8.04. The highest BCUT2D eigenvalue weighted by Crippen LogP contribution is 2.31. The summed E-state index contributed by atoms with van der Waals surface area (Å²) in [6, 6.07) is -0.586. The molecular formula is C7H13N3O. The predicted octanol–water partition coefficient (Wildman–Crippen LogP) is 0.831. The van der Waals surface area contributed by atoms with E-state index in [0.717, 1.165) is 12.1 Å². The first-order valence-corrected chi connectivity index (χ1v) is 3.86. The van der Waals surface area contributed by atoms with Crippen LogP contribution in [0, 0.1) is 5.92 Å². The molecule has 0 bridgehead atoms. The topological polar surface area (TPSA) is 67.5 Å². The maximum atomic E-state index is 10.3. The third kappa shape index (κ3) is 2.57. The van der Waals surface area contributed by atoms with Crippen molar-refractivity contribution in [2.24, 2.45) is 16.8 Å². The molecule has 3 N–H and O–H groups in total. The minimum Gasteiger partial charge on any atom is -0.350 e. The Labute approximate surface area is 65.8 Å². The van der Waals surface area contributed by atoms with Crippen molar-refractivity contribution >= 4 is 11.7 Å². The van der Waals surface area contributed by atoms with Crippen LogP contribution in [0.1, 0.15) is 26.2 Å². The van der Waals surface area contributed by atoms with Crippen molar-refractivity contribution in [2.75, 3.05) is 0 Å². The Morgan fingerprint density at radius 1 is 1.73 bits per heavy atom. The fourth-order valence-corrected chi connectivity index (χ4v) is 1.00. The van der Waals surface area contributed by atoms with E-state index in [4.69, 9.17) is 5.73 Å². The van der Waals surface area contributed by atoms with Gasteiger partial charge in [0.05, 0.1) is 0 Å². The normalized spacial score (nSPS) is 18.1. The van der Waals surface area contributed by atoms with Crippen LogP contribution in [0.3, 0.4) is 0 Å². The van der Waals surface area contributed by atoms with Crippen LogP contribution in [0.5, 0.6) is 0 Å². The summed E-state index contributed by atoms with van der Waals surface area (Å²) in [6.45, 7) is 2.03. The maximum absolute atomic E-state index is 10.3. The van der Waals surface area contributed by atoms with E-state index >= 15 is 0 Å². The molecule has 0 radical (unpaired) electrons. The Morgan fingerprint density at radius 2 is 2.36 bits per heavy atom. The minimum absolute atomic E-state index is 0.586. The van der Waals surface area contributed by atoms with Gasteiger partial charge in [-0.05, 0) is 25.2 Å². The van der Waals surface area contributed by atoms with Gasteiger partial charge in [-0.15, -0.1) is 0 Å². The van der Waals surface area contributed by atoms with Gasteiger partial charge in [0.25, 0.3) is 0 Å². The molecule has 1 rings (SSSR count). The summed E-state index contributed by atoms with van der Waals surface area (Å²) >= 11 is 0. The Hall–Kier alpha value is -1.06. The van der Waals surface area contributed by atoms with Crippen molar-refractivity contribution in [2.45, 2.75) is 26.2 Å². The molecule has 62 valence electrons. The number of carbonyl (C=O) groups is 1. The Bertz CT molecular complexity index is 184. The van der Waals surface area contributed by atoms with Gasteiger partial charge in [0.15, 0.2) is 0 Å². The van der Waals surface area contributed by atoms with E-state index in [9.17, 15) is 4.79 Å². The average Bonchev–Trinajstić information content (AvgIpc) is 2.72. The van der Waals surface area contributed by atoms with Crippen molar-refractivity contribution in [3.8, 4) is 0 Å². The van der Waals surface area contributed by atoms with E-state index in [1.807, 2.05) is 6.92 Å². The number of amides is 2. The van der Waals surface area contributed by atoms with Crippen molar-refractivity contribution in [3.05, 3.63) is 0 Å². The van der Waals surface area contributed by atoms with Crippen LogP contribution in [-0.4, -0.2) is 11.7 Å². The van der Waals surface area contributed by atoms with Crippen LogP contribution in [0.2, 0.25) is 0 Å². The lowest BCUT2D eigenvalue weighted by atomic mass is 10.2. The summed E-state index contributed by atoms with van der Waals surface area (Å²) in [5.74, 6) is 0.604. The van der Waals surface area contributed by atoms with Crippen LogP contribution in [0.15, 0.2) is 5.10 Å². The lowest BCUT2D eigenvalue weighted by molar-refractivity contribution is 0.249. The summed E-state index contributed by atoms with van der Waals surface area (Å²) in [5.41, 5.74) is 8.16. The van der Waals surface area contributed by atoms with Gasteiger partial charge < -0.3 is 5.73 Å². The molecule has 4 nitrogen and oxygen atoms in total. The third-order valence-corrected chi connectivity index (χ3v) is 1.72. The number of hydrogen-bond donors (Lipinski definition) is 2. The lowest BCUT2D eigenvalue weighted by Crippen LogP contribution is -2.26. The molecule has 0 aromatic carbocycles. The molecule has 0 aromatic heterocycles. The number of rotatable bonds is 3. The third-order valence-electron chi connectivity index (χ3n) is 1.72. The van der Waals surface area contributed by atoms with Gasteiger partial charge in [-0.25, -0.2) is 10.2 Å². The summed E-state index contributed by atoms with van der Waals surface area (Å²) in [4.78, 5) is 10.3. The molecular weight excluding hydrogens is 142 g/mol. The highest BCUT2D eigenvalue weighted by molar-refractivity contribution is 5.89. The van der Waals surface area contributed by atoms with Gasteiger partial charge in [0.2, 0.25) is 0 Å². The van der Waals surface area contributed by atoms with Gasteiger partial charge >= 0.3 is 6.03 Å². The molecule has 0 unspecified atom stereocenters. The van der Waals surface area contributed by atoms with Crippen LogP contribution in [-0.2, 0) is 0 Å². The quantitative estimate of drug-likeness (QED) is 0.460. The van der Waals surface area contributed by atoms with E-state index < -0.39 is 6.03 Å². The molecule has 0 heterocycles. The molecule has 0 spiro atoms. The van der Waals surface area contributed by atoms with Crippen molar-refractivity contribution in [3.63, 3.8) is 0 Å². The molecule has 11 heavy (non-hydrogen) atoms. The van der Waals surface area contributed by atoms with Crippen LogP contribution < -0.4 is 11.2 Å². The number of carbonyl (C=O) groups excluding carboxylic acids is 1. The Kier molecular flexibility index (Phi) is 2.46. The number of nitrogens with zero attached hydrogens (tertiary/aromatic N) is 1. The van der Waals surface area contributed by atoms with Crippen molar-refractivity contribution in [1.29, 1.82) is 0 Å². The van der Waals surface area contributed by atoms with E-state index in [1.165, 1.54) is 12.8 Å². The number of hydrogen-bond acceptors (Lipinski definition) is 2. The van der Waals surface area contributed by atoms with Crippen molar-refractivity contribution < 1.29 is 4.79 Å². The standard InChI is InChI=1S/C7H13N3O/c1-2-6(5-3-4-5)9-10-7(8)11/h5H,2-4H2,1H3,(H3,8,10,11)/b9-6-. The first-order valence-electron chi connectivity index (χ1n) is 3.86. The second-order valence-corrected chi connectivity index (χ2v) is 2.71. The first-order chi connectivity index (χ1) is 5.24. The number of nitrogens with one attached hydrogen (secondary N) is 1. The number of urea groups is 1. The molecule has 1 aliphatic carbocycles. The van der Waals surface area contributed by atoms with Gasteiger partial charge in [0.1, 0.15) is 0 Å². The summed E-state index contributed by atoms with van der Waals surface area (Å²) in [7, 11) is 0. The smallest absolute Gasteiger partial charge is 0.332 e. The largest absolute Gasteiger partial charge is 0.350 e. The highest BCUT2D eigenvalue weighted by Gasteiger charge is 2.26. The number of primary amides is 1. The Balaban J connectivity index is 2.38. The molecule has 1 saturated carbocycles. The van der Waals surface area contributed by atoms with Gasteiger partial charge in [-0.2, -0.15) is 5.10 Å². The molecule has 0 saturated heterocycles. The van der Waals surface area contributed by atoms with E-state index in [1.54, 1.807) is 0 Å². The SMILES string of the molecule is CC/C(=N/NC(N)=O)C1CC1. The molecule has 2 amide bonds. The zero-order valence-electron chi connectivity index (χ0n) is 6.63. The zero-order valence-corrected chi connectivity index (χ0v) is 6.63. The molecule has 0 atom stereocenters. The summed E-state index contributed by atoms with van der Waals surface area (Å²) < 4.78 is 0. The van der Waals surface area contributed by atoms with Crippen LogP contribution in [0.25, 0.3) is 0 Å². The van der Waals surface area contributed by atoms with Crippen molar-refractivity contribution in [1.82, 2.24) is 5.43 Å². The molecule has 1 fully saturated rings. The fraction of sp³-hybridized carbons (Fsp3) is 0.714. The zero-order chi connectivity index (χ0) is 8.27. The summed E-state index contributed by atoms with van der Waals surface area (Å²) in [6.07, 6.45) is 3.30. The highest BCUT2D eigenvalue weighted by atomic mass is 16.2. The molecule has 4 heteroatoms. The number of nitrogens with two attached hydrogens (primary N) is 1. The lowest BCUT2D eigenvalue weighted by Gasteiger charge is -1.99. The monoisotopic (exact) mass is 155 g/mol. The van der Waals surface area contributed by atoms with Gasteiger partial charge in [-0.3, -0.25) is 0 Å². The summed E-state index contributed by atoms with van der Waals surface area (Å²) in [5, 5.41) is 3.90. The van der Waals surface area contributed by atoms with E-state index in [-0.39, 0.29) is 0 Å². The maximum Gasteiger partial charge on any atom is 0.332 e. The average molecular weight is 155 g/mol. The second kappa shape index (κ2) is 3.37. The molecule has 0 aliphatic heterocycles. The Morgan fingerprint density at radius 3 is 2.73 bits per heavy atom. The van der Waals surface area contributed by atoms with E-state index in [2.05, 4.69) is 10.5 Å². The molecule has 0 aromatic rings. The fourth-order valence-electron chi connectivity index (χ4n) is 1.00. The second-order valence-electron chi connectivity index (χ2n) is 2.71. The van der Waals surface area contributed by atoms with E-state index in [0.29, 0.717) is 5.92 Å². The van der Waals surface area contributed by atoms with Gasteiger partial charge in [-0.1, -0.05) is 6.92 Å². The minimum atomic E-state index is -0.586. The molecule has 1 aliphatic rings. The van der Waals surface area contributed by atoms with Crippen LogP contribution in [0.4, 0.5) is 4.79 Å². The van der Waals surface area contributed by atoms with Crippen LogP contribution >= 0.6 is 0 Å².